The maximum absolute atomic E-state index is 11.7. The van der Waals surface area contributed by atoms with Crippen LogP contribution in [0.1, 0.15) is 19.8 Å². The predicted molar refractivity (Wildman–Crippen MR) is 75.2 cm³/mol. The highest BCUT2D eigenvalue weighted by Gasteiger charge is 2.08. The molecule has 3 N–H and O–H groups in total. The summed E-state index contributed by atoms with van der Waals surface area (Å²) in [5, 5.41) is 3.46. The number of amides is 1. The van der Waals surface area contributed by atoms with Crippen molar-refractivity contribution in [3.63, 3.8) is 0 Å². The average molecular weight is 320 g/mol. The second-order valence-electron chi connectivity index (χ2n) is 4.05. The highest BCUT2D eigenvalue weighted by Crippen LogP contribution is 2.26. The van der Waals surface area contributed by atoms with Crippen LogP contribution in [0.2, 0.25) is 5.02 Å². The van der Waals surface area contributed by atoms with E-state index in [9.17, 15) is 4.79 Å². The molecule has 0 saturated heterocycles. The van der Waals surface area contributed by atoms with Crippen LogP contribution >= 0.6 is 27.5 Å². The van der Waals surface area contributed by atoms with Crippen molar-refractivity contribution in [3.05, 3.63) is 27.7 Å². The molecule has 1 unspecified atom stereocenters. The lowest BCUT2D eigenvalue weighted by atomic mass is 10.1. The first-order chi connectivity index (χ1) is 8.02. The molecule has 0 radical (unpaired) electrons. The Morgan fingerprint density at radius 2 is 2.29 bits per heavy atom. The van der Waals surface area contributed by atoms with E-state index in [4.69, 9.17) is 17.3 Å². The molecule has 0 spiro atoms. The third-order valence-electron chi connectivity index (χ3n) is 2.47. The van der Waals surface area contributed by atoms with Crippen molar-refractivity contribution in [2.24, 2.45) is 11.7 Å². The van der Waals surface area contributed by atoms with Crippen LogP contribution in [0, 0.1) is 5.92 Å². The third-order valence-corrected chi connectivity index (χ3v) is 3.36. The van der Waals surface area contributed by atoms with Crippen molar-refractivity contribution >= 4 is 39.1 Å². The lowest BCUT2D eigenvalue weighted by molar-refractivity contribution is -0.116. The number of benzene rings is 1. The molecule has 0 aliphatic carbocycles. The fourth-order valence-electron chi connectivity index (χ4n) is 1.30. The number of carbonyl (C=O) groups excluding carboxylic acids is 1. The summed E-state index contributed by atoms with van der Waals surface area (Å²) < 4.78 is 0.783. The topological polar surface area (TPSA) is 55.1 Å². The van der Waals surface area contributed by atoms with Gasteiger partial charge in [-0.1, -0.05) is 18.5 Å². The van der Waals surface area contributed by atoms with Gasteiger partial charge in [0.1, 0.15) is 0 Å². The van der Waals surface area contributed by atoms with Gasteiger partial charge in [-0.25, -0.2) is 0 Å². The van der Waals surface area contributed by atoms with Gasteiger partial charge in [0.05, 0.1) is 5.69 Å². The Balaban J connectivity index is 2.50. The summed E-state index contributed by atoms with van der Waals surface area (Å²) in [4.78, 5) is 11.7. The second kappa shape index (κ2) is 6.99. The number of carbonyl (C=O) groups is 1. The Bertz CT molecular complexity index is 398. The molecule has 1 atom stereocenters. The molecule has 0 aliphatic rings. The van der Waals surface area contributed by atoms with Gasteiger partial charge in [-0.15, -0.1) is 0 Å². The molecule has 0 fully saturated rings. The summed E-state index contributed by atoms with van der Waals surface area (Å²) in [6.45, 7) is 2.64. The molecule has 1 aromatic carbocycles. The second-order valence-corrected chi connectivity index (χ2v) is 5.34. The maximum atomic E-state index is 11.7. The molecule has 0 saturated carbocycles. The standard InChI is InChI=1S/C12H16BrClN2O/c1-8(7-15)2-5-12(17)16-11-4-3-9(14)6-10(11)13/h3-4,6,8H,2,5,7,15H2,1H3,(H,16,17). The summed E-state index contributed by atoms with van der Waals surface area (Å²) >= 11 is 9.17. The van der Waals surface area contributed by atoms with E-state index in [1.807, 2.05) is 6.92 Å². The van der Waals surface area contributed by atoms with Crippen LogP contribution in [0.25, 0.3) is 0 Å². The summed E-state index contributed by atoms with van der Waals surface area (Å²) in [7, 11) is 0. The van der Waals surface area contributed by atoms with Gasteiger partial charge in [-0.3, -0.25) is 4.79 Å². The lowest BCUT2D eigenvalue weighted by Gasteiger charge is -2.10. The van der Waals surface area contributed by atoms with Gasteiger partial charge in [-0.05, 0) is 53.0 Å². The van der Waals surface area contributed by atoms with E-state index in [1.165, 1.54) is 0 Å². The number of hydrogen-bond donors (Lipinski definition) is 2. The summed E-state index contributed by atoms with van der Waals surface area (Å²) in [6.07, 6.45) is 1.28. The number of rotatable bonds is 5. The van der Waals surface area contributed by atoms with Crippen LogP contribution in [-0.2, 0) is 4.79 Å². The van der Waals surface area contributed by atoms with Crippen molar-refractivity contribution in [1.29, 1.82) is 0 Å². The molecule has 1 aromatic rings. The molecule has 94 valence electrons. The number of nitrogens with one attached hydrogen (secondary N) is 1. The van der Waals surface area contributed by atoms with Gasteiger partial charge in [0.2, 0.25) is 5.91 Å². The monoisotopic (exact) mass is 318 g/mol. The fraction of sp³-hybridized carbons (Fsp3) is 0.417. The van der Waals surface area contributed by atoms with Crippen LogP contribution in [0.4, 0.5) is 5.69 Å². The van der Waals surface area contributed by atoms with E-state index >= 15 is 0 Å². The normalized spacial score (nSPS) is 12.2. The molecule has 3 nitrogen and oxygen atoms in total. The zero-order chi connectivity index (χ0) is 12.8. The van der Waals surface area contributed by atoms with Gasteiger partial charge in [0.15, 0.2) is 0 Å². The zero-order valence-electron chi connectivity index (χ0n) is 9.67. The molecule has 0 aliphatic heterocycles. The van der Waals surface area contributed by atoms with E-state index < -0.39 is 0 Å². The first kappa shape index (κ1) is 14.5. The third kappa shape index (κ3) is 5.06. The molecule has 17 heavy (non-hydrogen) atoms. The predicted octanol–water partition coefficient (Wildman–Crippen LogP) is 3.42. The Labute approximate surface area is 115 Å². The van der Waals surface area contributed by atoms with Gasteiger partial charge >= 0.3 is 0 Å². The van der Waals surface area contributed by atoms with Crippen LogP contribution in [0.3, 0.4) is 0 Å². The number of hydrogen-bond acceptors (Lipinski definition) is 2. The number of anilines is 1. The first-order valence-electron chi connectivity index (χ1n) is 5.48. The van der Waals surface area contributed by atoms with Crippen molar-refractivity contribution in [2.75, 3.05) is 11.9 Å². The van der Waals surface area contributed by atoms with Crippen LogP contribution in [-0.4, -0.2) is 12.5 Å². The highest BCUT2D eigenvalue weighted by molar-refractivity contribution is 9.10. The molecular weight excluding hydrogens is 304 g/mol. The Kier molecular flexibility index (Phi) is 5.95. The maximum Gasteiger partial charge on any atom is 0.224 e. The van der Waals surface area contributed by atoms with E-state index in [0.717, 1.165) is 16.6 Å². The number of nitrogens with two attached hydrogens (primary N) is 1. The van der Waals surface area contributed by atoms with Crippen LogP contribution in [0.5, 0.6) is 0 Å². The minimum Gasteiger partial charge on any atom is -0.330 e. The lowest BCUT2D eigenvalue weighted by Crippen LogP contribution is -2.16. The quantitative estimate of drug-likeness (QED) is 0.873. The Hall–Kier alpha value is -0.580. The first-order valence-corrected chi connectivity index (χ1v) is 6.65. The molecule has 5 heteroatoms. The van der Waals surface area contributed by atoms with Crippen molar-refractivity contribution < 1.29 is 4.79 Å². The van der Waals surface area contributed by atoms with Gasteiger partial charge < -0.3 is 11.1 Å². The molecule has 0 bridgehead atoms. The summed E-state index contributed by atoms with van der Waals surface area (Å²) in [6, 6.07) is 5.26. The van der Waals surface area contributed by atoms with Gasteiger partial charge in [0, 0.05) is 15.9 Å². The zero-order valence-corrected chi connectivity index (χ0v) is 12.0. The SMILES string of the molecule is CC(CN)CCC(=O)Nc1ccc(Cl)cc1Br. The van der Waals surface area contributed by atoms with Gasteiger partial charge in [0.25, 0.3) is 0 Å². The van der Waals surface area contributed by atoms with Crippen LogP contribution in [0.15, 0.2) is 22.7 Å². The molecule has 1 rings (SSSR count). The number of halogens is 2. The molecule has 0 aromatic heterocycles. The minimum absolute atomic E-state index is 0.00618. The minimum atomic E-state index is -0.00618. The molecule has 1 amide bonds. The molecular formula is C12H16BrClN2O. The average Bonchev–Trinajstić information content (AvgIpc) is 2.29. The van der Waals surface area contributed by atoms with Crippen LogP contribution < -0.4 is 11.1 Å². The summed E-state index contributed by atoms with van der Waals surface area (Å²) in [5.74, 6) is 0.364. The van der Waals surface area contributed by atoms with E-state index in [-0.39, 0.29) is 5.91 Å². The van der Waals surface area contributed by atoms with E-state index in [2.05, 4.69) is 21.2 Å². The fourth-order valence-corrected chi connectivity index (χ4v) is 2.08. The van der Waals surface area contributed by atoms with Crippen molar-refractivity contribution in [3.8, 4) is 0 Å². The Morgan fingerprint density at radius 3 is 2.88 bits per heavy atom. The largest absolute Gasteiger partial charge is 0.330 e. The van der Waals surface area contributed by atoms with Gasteiger partial charge in [-0.2, -0.15) is 0 Å². The van der Waals surface area contributed by atoms with E-state index in [0.29, 0.717) is 23.9 Å². The smallest absolute Gasteiger partial charge is 0.224 e. The summed E-state index contributed by atoms with van der Waals surface area (Å²) in [5.41, 5.74) is 6.23. The molecule has 0 heterocycles. The van der Waals surface area contributed by atoms with E-state index in [1.54, 1.807) is 18.2 Å². The highest BCUT2D eigenvalue weighted by atomic mass is 79.9. The Morgan fingerprint density at radius 1 is 1.59 bits per heavy atom. The van der Waals surface area contributed by atoms with Crippen molar-refractivity contribution in [1.82, 2.24) is 0 Å². The van der Waals surface area contributed by atoms with Crippen molar-refractivity contribution in [2.45, 2.75) is 19.8 Å².